The van der Waals surface area contributed by atoms with Gasteiger partial charge in [-0.15, -0.1) is 0 Å². The average molecular weight is 275 g/mol. The van der Waals surface area contributed by atoms with Gasteiger partial charge in [0.15, 0.2) is 0 Å². The van der Waals surface area contributed by atoms with Gasteiger partial charge in [0.2, 0.25) is 5.91 Å². The Kier molecular flexibility index (Phi) is 3.98. The Morgan fingerprint density at radius 3 is 2.30 bits per heavy atom. The second-order valence-electron chi connectivity index (χ2n) is 6.79. The van der Waals surface area contributed by atoms with Gasteiger partial charge in [-0.1, -0.05) is 19.3 Å². The molecule has 1 saturated heterocycles. The number of amides is 1. The second kappa shape index (κ2) is 5.73. The van der Waals surface area contributed by atoms with Gasteiger partial charge in [0.25, 0.3) is 0 Å². The van der Waals surface area contributed by atoms with E-state index in [-0.39, 0.29) is 5.91 Å². The third-order valence-corrected chi connectivity index (χ3v) is 5.20. The van der Waals surface area contributed by atoms with E-state index in [1.165, 1.54) is 25.8 Å². The normalized spacial score (nSPS) is 27.1. The Balaban J connectivity index is 1.56. The summed E-state index contributed by atoms with van der Waals surface area (Å²) in [5.74, 6) is 1.03. The fourth-order valence-electron chi connectivity index (χ4n) is 3.63. The van der Waals surface area contributed by atoms with Gasteiger partial charge in [-0.25, -0.2) is 0 Å². The van der Waals surface area contributed by atoms with E-state index < -0.39 is 5.41 Å². The molecule has 0 aromatic heterocycles. The van der Waals surface area contributed by atoms with Crippen LogP contribution in [0, 0.1) is 22.7 Å². The lowest BCUT2D eigenvalue weighted by Crippen LogP contribution is -2.53. The zero-order valence-corrected chi connectivity index (χ0v) is 12.3. The molecule has 0 aromatic carbocycles. The molecule has 0 unspecified atom stereocenters. The van der Waals surface area contributed by atoms with Crippen LogP contribution in [-0.2, 0) is 4.79 Å². The minimum atomic E-state index is -0.698. The molecule has 3 rings (SSSR count). The predicted octanol–water partition coefficient (Wildman–Crippen LogP) is 2.01. The third-order valence-electron chi connectivity index (χ3n) is 5.20. The summed E-state index contributed by atoms with van der Waals surface area (Å²) in [6, 6.07) is 2.36. The van der Waals surface area contributed by atoms with E-state index in [4.69, 9.17) is 0 Å². The van der Waals surface area contributed by atoms with Crippen molar-refractivity contribution in [3.8, 4) is 6.07 Å². The van der Waals surface area contributed by atoms with Crippen molar-refractivity contribution in [2.24, 2.45) is 11.3 Å². The Hall–Kier alpha value is -1.08. The van der Waals surface area contributed by atoms with Crippen molar-refractivity contribution >= 4 is 5.91 Å². The fourth-order valence-corrected chi connectivity index (χ4v) is 3.63. The largest absolute Gasteiger partial charge is 0.339 e. The summed E-state index contributed by atoms with van der Waals surface area (Å²) >= 11 is 0. The van der Waals surface area contributed by atoms with Crippen molar-refractivity contribution in [2.75, 3.05) is 32.7 Å². The van der Waals surface area contributed by atoms with Crippen LogP contribution in [0.3, 0.4) is 0 Å². The lowest BCUT2D eigenvalue weighted by Gasteiger charge is -2.39. The van der Waals surface area contributed by atoms with E-state index >= 15 is 0 Å². The molecule has 110 valence electrons. The first-order valence-electron chi connectivity index (χ1n) is 8.16. The molecule has 1 aliphatic heterocycles. The highest BCUT2D eigenvalue weighted by atomic mass is 16.2. The predicted molar refractivity (Wildman–Crippen MR) is 76.9 cm³/mol. The SMILES string of the molecule is N#CC1(C(=O)N2CCN(CC3CC3)CC2)CCCCC1. The number of rotatable bonds is 3. The molecule has 1 amide bonds. The average Bonchev–Trinajstić information content (AvgIpc) is 3.32. The van der Waals surface area contributed by atoms with Gasteiger partial charge in [-0.3, -0.25) is 9.69 Å². The first kappa shape index (κ1) is 13.9. The van der Waals surface area contributed by atoms with Crippen LogP contribution < -0.4 is 0 Å². The molecule has 4 nitrogen and oxygen atoms in total. The Bertz CT molecular complexity index is 396. The van der Waals surface area contributed by atoms with E-state index in [1.54, 1.807) is 0 Å². The molecule has 2 saturated carbocycles. The summed E-state index contributed by atoms with van der Waals surface area (Å²) in [5.41, 5.74) is -0.698. The highest BCUT2D eigenvalue weighted by Crippen LogP contribution is 2.37. The van der Waals surface area contributed by atoms with Crippen molar-refractivity contribution in [3.63, 3.8) is 0 Å². The molecule has 3 fully saturated rings. The van der Waals surface area contributed by atoms with E-state index in [0.29, 0.717) is 0 Å². The fraction of sp³-hybridized carbons (Fsp3) is 0.875. The van der Waals surface area contributed by atoms with Crippen LogP contribution in [-0.4, -0.2) is 48.4 Å². The first-order valence-corrected chi connectivity index (χ1v) is 8.16. The molecule has 0 atom stereocenters. The zero-order valence-electron chi connectivity index (χ0n) is 12.3. The van der Waals surface area contributed by atoms with E-state index in [1.807, 2.05) is 4.90 Å². The maximum absolute atomic E-state index is 12.7. The molecular formula is C16H25N3O. The van der Waals surface area contributed by atoms with Crippen molar-refractivity contribution in [1.29, 1.82) is 5.26 Å². The molecule has 20 heavy (non-hydrogen) atoms. The number of hydrogen-bond acceptors (Lipinski definition) is 3. The Labute approximate surface area is 121 Å². The number of hydrogen-bond donors (Lipinski definition) is 0. The minimum Gasteiger partial charge on any atom is -0.339 e. The van der Waals surface area contributed by atoms with Crippen LogP contribution in [0.5, 0.6) is 0 Å². The molecule has 0 spiro atoms. The van der Waals surface area contributed by atoms with E-state index in [9.17, 15) is 10.1 Å². The van der Waals surface area contributed by atoms with Crippen LogP contribution in [0.2, 0.25) is 0 Å². The van der Waals surface area contributed by atoms with Crippen molar-refractivity contribution < 1.29 is 4.79 Å². The third kappa shape index (κ3) is 2.83. The van der Waals surface area contributed by atoms with Gasteiger partial charge in [-0.2, -0.15) is 5.26 Å². The van der Waals surface area contributed by atoms with Gasteiger partial charge >= 0.3 is 0 Å². The molecule has 4 heteroatoms. The van der Waals surface area contributed by atoms with Crippen LogP contribution in [0.25, 0.3) is 0 Å². The topological polar surface area (TPSA) is 47.3 Å². The van der Waals surface area contributed by atoms with Gasteiger partial charge in [0.05, 0.1) is 6.07 Å². The summed E-state index contributed by atoms with van der Waals surface area (Å²) in [6.45, 7) is 4.82. The maximum atomic E-state index is 12.7. The number of nitrogens with zero attached hydrogens (tertiary/aromatic N) is 3. The number of piperazine rings is 1. The second-order valence-corrected chi connectivity index (χ2v) is 6.79. The summed E-state index contributed by atoms with van der Waals surface area (Å²) < 4.78 is 0. The van der Waals surface area contributed by atoms with Crippen molar-refractivity contribution in [1.82, 2.24) is 9.80 Å². The molecule has 2 aliphatic carbocycles. The van der Waals surface area contributed by atoms with E-state index in [0.717, 1.165) is 57.8 Å². The highest BCUT2D eigenvalue weighted by molar-refractivity contribution is 5.85. The summed E-state index contributed by atoms with van der Waals surface area (Å²) in [5, 5.41) is 9.51. The molecule has 0 bridgehead atoms. The maximum Gasteiger partial charge on any atom is 0.243 e. The minimum absolute atomic E-state index is 0.116. The van der Waals surface area contributed by atoms with Gasteiger partial charge in [0.1, 0.15) is 5.41 Å². The smallest absolute Gasteiger partial charge is 0.243 e. The van der Waals surface area contributed by atoms with Gasteiger partial charge in [0, 0.05) is 32.7 Å². The Morgan fingerprint density at radius 1 is 1.10 bits per heavy atom. The lowest BCUT2D eigenvalue weighted by molar-refractivity contribution is -0.142. The van der Waals surface area contributed by atoms with Crippen molar-refractivity contribution in [2.45, 2.75) is 44.9 Å². The summed E-state index contributed by atoms with van der Waals surface area (Å²) in [4.78, 5) is 17.2. The molecule has 1 heterocycles. The van der Waals surface area contributed by atoms with E-state index in [2.05, 4.69) is 11.0 Å². The summed E-state index contributed by atoms with van der Waals surface area (Å²) in [7, 11) is 0. The van der Waals surface area contributed by atoms with Crippen LogP contribution in [0.4, 0.5) is 0 Å². The molecule has 0 radical (unpaired) electrons. The molecule has 0 aromatic rings. The van der Waals surface area contributed by atoms with Crippen molar-refractivity contribution in [3.05, 3.63) is 0 Å². The monoisotopic (exact) mass is 275 g/mol. The number of nitriles is 1. The lowest BCUT2D eigenvalue weighted by atomic mass is 9.74. The quantitative estimate of drug-likeness (QED) is 0.791. The standard InChI is InChI=1S/C16H25N3O/c17-13-16(6-2-1-3-7-16)15(20)19-10-8-18(9-11-19)12-14-4-5-14/h14H,1-12H2. The van der Waals surface area contributed by atoms with Gasteiger partial charge in [-0.05, 0) is 31.6 Å². The Morgan fingerprint density at radius 2 is 1.75 bits per heavy atom. The molecule has 3 aliphatic rings. The van der Waals surface area contributed by atoms with Gasteiger partial charge < -0.3 is 4.90 Å². The first-order chi connectivity index (χ1) is 9.73. The van der Waals surface area contributed by atoms with Crippen LogP contribution in [0.15, 0.2) is 0 Å². The van der Waals surface area contributed by atoms with Crippen LogP contribution in [0.1, 0.15) is 44.9 Å². The molecular weight excluding hydrogens is 250 g/mol. The zero-order chi connectivity index (χ0) is 14.0. The highest BCUT2D eigenvalue weighted by Gasteiger charge is 2.43. The summed E-state index contributed by atoms with van der Waals surface area (Å²) in [6.07, 6.45) is 7.54. The number of carbonyl (C=O) groups is 1. The number of carbonyl (C=O) groups excluding carboxylic acids is 1. The molecule has 0 N–H and O–H groups in total. The van der Waals surface area contributed by atoms with Crippen LogP contribution >= 0.6 is 0 Å².